The number of hydrogen-bond acceptors (Lipinski definition) is 2. The second-order valence-corrected chi connectivity index (χ2v) is 2.94. The molecule has 0 spiro atoms. The molecule has 11 heavy (non-hydrogen) atoms. The van der Waals surface area contributed by atoms with Gasteiger partial charge in [-0.05, 0) is 13.0 Å². The predicted octanol–water partition coefficient (Wildman–Crippen LogP) is 1.60. The van der Waals surface area contributed by atoms with Crippen molar-refractivity contribution in [3.8, 4) is 0 Å². The molecule has 0 radical (unpaired) electrons. The van der Waals surface area contributed by atoms with Gasteiger partial charge in [0.15, 0.2) is 0 Å². The molecule has 0 aromatic rings. The van der Waals surface area contributed by atoms with Crippen LogP contribution in [-0.4, -0.2) is 18.9 Å². The zero-order valence-corrected chi connectivity index (χ0v) is 7.81. The van der Waals surface area contributed by atoms with Gasteiger partial charge in [-0.2, -0.15) is 0 Å². The van der Waals surface area contributed by atoms with E-state index < -0.39 is 0 Å². The summed E-state index contributed by atoms with van der Waals surface area (Å²) in [4.78, 5) is 11.2. The second kappa shape index (κ2) is 6.35. The van der Waals surface area contributed by atoms with Gasteiger partial charge in [-0.15, -0.1) is 0 Å². The molecule has 0 saturated heterocycles. The summed E-state index contributed by atoms with van der Waals surface area (Å²) >= 11 is 0. The van der Waals surface area contributed by atoms with Gasteiger partial charge < -0.3 is 5.32 Å². The van der Waals surface area contributed by atoms with Crippen molar-refractivity contribution in [3.63, 3.8) is 0 Å². The number of nitrogens with one attached hydrogen (secondary N) is 1. The van der Waals surface area contributed by atoms with E-state index in [0.717, 1.165) is 19.4 Å². The Labute approximate surface area is 69.4 Å². The third kappa shape index (κ3) is 4.96. The number of hydrogen-bond donors (Lipinski definition) is 1. The van der Waals surface area contributed by atoms with Crippen LogP contribution in [0.5, 0.6) is 0 Å². The van der Waals surface area contributed by atoms with Gasteiger partial charge in [-0.3, -0.25) is 4.79 Å². The lowest BCUT2D eigenvalue weighted by molar-refractivity contribution is -0.121. The van der Waals surface area contributed by atoms with Gasteiger partial charge in [-0.1, -0.05) is 27.2 Å². The van der Waals surface area contributed by atoms with E-state index in [0.29, 0.717) is 12.3 Å². The van der Waals surface area contributed by atoms with Crippen molar-refractivity contribution in [1.29, 1.82) is 0 Å². The highest BCUT2D eigenvalue weighted by Crippen LogP contribution is 2.04. The number of ketones is 1. The monoisotopic (exact) mass is 157 g/mol. The van der Waals surface area contributed by atoms with Crippen molar-refractivity contribution in [3.05, 3.63) is 0 Å². The van der Waals surface area contributed by atoms with Crippen molar-refractivity contribution in [2.24, 2.45) is 5.92 Å². The highest BCUT2D eigenvalue weighted by atomic mass is 16.1. The lowest BCUT2D eigenvalue weighted by Gasteiger charge is -2.08. The molecule has 2 nitrogen and oxygen atoms in total. The summed E-state index contributed by atoms with van der Waals surface area (Å²) in [6.07, 6.45) is 2.11. The highest BCUT2D eigenvalue weighted by Gasteiger charge is 2.09. The molecule has 0 rings (SSSR count). The van der Waals surface area contributed by atoms with E-state index in [-0.39, 0.29) is 5.92 Å². The minimum atomic E-state index is 0.235. The quantitative estimate of drug-likeness (QED) is 0.634. The molecule has 0 fully saturated rings. The molecule has 0 aromatic carbocycles. The van der Waals surface area contributed by atoms with E-state index in [4.69, 9.17) is 0 Å². The van der Waals surface area contributed by atoms with Gasteiger partial charge in [0.2, 0.25) is 0 Å². The van der Waals surface area contributed by atoms with Crippen LogP contribution in [-0.2, 0) is 4.79 Å². The van der Waals surface area contributed by atoms with Crippen LogP contribution in [0.25, 0.3) is 0 Å². The van der Waals surface area contributed by atoms with Crippen LogP contribution in [0.2, 0.25) is 0 Å². The molecule has 0 bridgehead atoms. The Morgan fingerprint density at radius 3 is 2.55 bits per heavy atom. The first-order valence-electron chi connectivity index (χ1n) is 4.45. The molecule has 0 heterocycles. The van der Waals surface area contributed by atoms with E-state index in [9.17, 15) is 4.79 Å². The maximum Gasteiger partial charge on any atom is 0.149 e. The van der Waals surface area contributed by atoms with Crippen LogP contribution in [0, 0.1) is 5.92 Å². The molecule has 1 unspecified atom stereocenters. The lowest BCUT2D eigenvalue weighted by atomic mass is 10.0. The molecular formula is C9H19NO. The van der Waals surface area contributed by atoms with Gasteiger partial charge in [-0.25, -0.2) is 0 Å². The molecule has 0 aliphatic heterocycles. The van der Waals surface area contributed by atoms with Crippen LogP contribution in [0.15, 0.2) is 0 Å². The summed E-state index contributed by atoms with van der Waals surface area (Å²) in [6, 6.07) is 0. The summed E-state index contributed by atoms with van der Waals surface area (Å²) in [5.41, 5.74) is 0. The SMILES string of the molecule is CCCC(C)C(=O)CNCC. The maximum atomic E-state index is 11.2. The first kappa shape index (κ1) is 10.6. The Bertz CT molecular complexity index is 112. The molecule has 0 aliphatic carbocycles. The topological polar surface area (TPSA) is 29.1 Å². The first-order valence-corrected chi connectivity index (χ1v) is 4.45. The standard InChI is InChI=1S/C9H19NO/c1-4-6-8(3)9(11)7-10-5-2/h8,10H,4-7H2,1-3H3. The van der Waals surface area contributed by atoms with Crippen molar-refractivity contribution in [2.75, 3.05) is 13.1 Å². The van der Waals surface area contributed by atoms with Gasteiger partial charge in [0, 0.05) is 5.92 Å². The fourth-order valence-electron chi connectivity index (χ4n) is 1.02. The summed E-state index contributed by atoms with van der Waals surface area (Å²) in [6.45, 7) is 7.54. The molecule has 0 saturated carbocycles. The molecular weight excluding hydrogens is 138 g/mol. The predicted molar refractivity (Wildman–Crippen MR) is 47.6 cm³/mol. The van der Waals surface area contributed by atoms with Gasteiger partial charge in [0.25, 0.3) is 0 Å². The number of Topliss-reactive ketones (excluding diaryl/α,β-unsaturated/α-hetero) is 1. The minimum absolute atomic E-state index is 0.235. The van der Waals surface area contributed by atoms with Crippen LogP contribution < -0.4 is 5.32 Å². The maximum absolute atomic E-state index is 11.2. The Morgan fingerprint density at radius 2 is 2.09 bits per heavy atom. The van der Waals surface area contributed by atoms with Gasteiger partial charge in [0.05, 0.1) is 6.54 Å². The van der Waals surface area contributed by atoms with E-state index >= 15 is 0 Å². The Balaban J connectivity index is 3.47. The van der Waals surface area contributed by atoms with Crippen LogP contribution in [0.3, 0.4) is 0 Å². The molecule has 2 heteroatoms. The van der Waals surface area contributed by atoms with E-state index in [1.54, 1.807) is 0 Å². The number of carbonyl (C=O) groups excluding carboxylic acids is 1. The summed E-state index contributed by atoms with van der Waals surface area (Å²) in [5, 5.41) is 3.04. The largest absolute Gasteiger partial charge is 0.310 e. The smallest absolute Gasteiger partial charge is 0.149 e. The van der Waals surface area contributed by atoms with E-state index in [2.05, 4.69) is 12.2 Å². The van der Waals surface area contributed by atoms with Crippen molar-refractivity contribution >= 4 is 5.78 Å². The Morgan fingerprint density at radius 1 is 1.45 bits per heavy atom. The molecule has 1 atom stereocenters. The summed E-state index contributed by atoms with van der Waals surface area (Å²) in [5.74, 6) is 0.577. The Kier molecular flexibility index (Phi) is 6.13. The minimum Gasteiger partial charge on any atom is -0.310 e. The number of rotatable bonds is 6. The first-order chi connectivity index (χ1) is 5.22. The fourth-order valence-corrected chi connectivity index (χ4v) is 1.02. The molecule has 0 aliphatic rings. The van der Waals surface area contributed by atoms with Crippen LogP contribution in [0.4, 0.5) is 0 Å². The third-order valence-electron chi connectivity index (χ3n) is 1.82. The lowest BCUT2D eigenvalue weighted by Crippen LogP contribution is -2.26. The van der Waals surface area contributed by atoms with Gasteiger partial charge in [0.1, 0.15) is 5.78 Å². The highest BCUT2D eigenvalue weighted by molar-refractivity contribution is 5.82. The fraction of sp³-hybridized carbons (Fsp3) is 0.889. The van der Waals surface area contributed by atoms with Crippen molar-refractivity contribution in [1.82, 2.24) is 5.32 Å². The number of carbonyl (C=O) groups is 1. The molecule has 0 aromatic heterocycles. The van der Waals surface area contributed by atoms with Crippen LogP contribution in [0.1, 0.15) is 33.6 Å². The van der Waals surface area contributed by atoms with Gasteiger partial charge >= 0.3 is 0 Å². The molecule has 66 valence electrons. The van der Waals surface area contributed by atoms with Crippen LogP contribution >= 0.6 is 0 Å². The van der Waals surface area contributed by atoms with E-state index in [1.807, 2.05) is 13.8 Å². The second-order valence-electron chi connectivity index (χ2n) is 2.94. The normalized spacial score (nSPS) is 13.0. The molecule has 1 N–H and O–H groups in total. The third-order valence-corrected chi connectivity index (χ3v) is 1.82. The zero-order chi connectivity index (χ0) is 8.69. The summed E-state index contributed by atoms with van der Waals surface area (Å²) < 4.78 is 0. The summed E-state index contributed by atoms with van der Waals surface area (Å²) in [7, 11) is 0. The number of likely N-dealkylation sites (N-methyl/N-ethyl adjacent to an activating group) is 1. The van der Waals surface area contributed by atoms with Crippen molar-refractivity contribution < 1.29 is 4.79 Å². The van der Waals surface area contributed by atoms with E-state index in [1.165, 1.54) is 0 Å². The average molecular weight is 157 g/mol. The molecule has 0 amide bonds. The van der Waals surface area contributed by atoms with Crippen molar-refractivity contribution in [2.45, 2.75) is 33.6 Å². The zero-order valence-electron chi connectivity index (χ0n) is 7.81. The Hall–Kier alpha value is -0.370. The average Bonchev–Trinajstić information content (AvgIpc) is 2.00.